The van der Waals surface area contributed by atoms with Crippen molar-refractivity contribution < 1.29 is 27.9 Å². The van der Waals surface area contributed by atoms with Crippen molar-refractivity contribution in [2.24, 2.45) is 0 Å². The van der Waals surface area contributed by atoms with Gasteiger partial charge in [-0.15, -0.1) is 10.2 Å². The molecule has 4 rings (SSSR count). The lowest BCUT2D eigenvalue weighted by Gasteiger charge is -2.11. The third-order valence-corrected chi connectivity index (χ3v) is 5.88. The monoisotopic (exact) mass is 523 g/mol. The first-order valence-corrected chi connectivity index (χ1v) is 12.1. The number of ether oxygens (including phenoxy) is 1. The zero-order valence-corrected chi connectivity index (χ0v) is 20.5. The minimum atomic E-state index is -0.438. The van der Waals surface area contributed by atoms with Crippen LogP contribution in [-0.2, 0) is 16.1 Å². The SMILES string of the molecule is CCOC(=O)c1ccc(NC(=O)CSc2nnc(CNC(=O)c3ccco3)n2-c2ccc(F)cc2)cc1. The highest BCUT2D eigenvalue weighted by Crippen LogP contribution is 2.23. The van der Waals surface area contributed by atoms with Gasteiger partial charge < -0.3 is 19.8 Å². The van der Waals surface area contributed by atoms with Gasteiger partial charge in [0.15, 0.2) is 16.7 Å². The molecule has 37 heavy (non-hydrogen) atoms. The highest BCUT2D eigenvalue weighted by Gasteiger charge is 2.18. The number of carbonyl (C=O) groups excluding carboxylic acids is 3. The molecular weight excluding hydrogens is 501 g/mol. The van der Waals surface area contributed by atoms with Crippen molar-refractivity contribution in [1.29, 1.82) is 0 Å². The molecule has 0 aliphatic rings. The number of anilines is 1. The smallest absolute Gasteiger partial charge is 0.338 e. The average molecular weight is 524 g/mol. The fourth-order valence-electron chi connectivity index (χ4n) is 3.24. The summed E-state index contributed by atoms with van der Waals surface area (Å²) in [4.78, 5) is 36.6. The first-order chi connectivity index (χ1) is 17.9. The first-order valence-electron chi connectivity index (χ1n) is 11.2. The maximum Gasteiger partial charge on any atom is 0.338 e. The summed E-state index contributed by atoms with van der Waals surface area (Å²) in [6.07, 6.45) is 1.39. The molecule has 0 fully saturated rings. The van der Waals surface area contributed by atoms with Crippen molar-refractivity contribution in [2.75, 3.05) is 17.7 Å². The van der Waals surface area contributed by atoms with Crippen LogP contribution in [-0.4, -0.2) is 44.9 Å². The van der Waals surface area contributed by atoms with E-state index in [4.69, 9.17) is 9.15 Å². The maximum absolute atomic E-state index is 13.5. The van der Waals surface area contributed by atoms with E-state index < -0.39 is 17.7 Å². The molecule has 4 aromatic rings. The molecule has 0 aliphatic carbocycles. The highest BCUT2D eigenvalue weighted by atomic mass is 32.2. The van der Waals surface area contributed by atoms with Gasteiger partial charge in [-0.1, -0.05) is 11.8 Å². The Balaban J connectivity index is 1.44. The molecule has 0 bridgehead atoms. The maximum atomic E-state index is 13.5. The summed E-state index contributed by atoms with van der Waals surface area (Å²) in [5.74, 6) is -1.06. The molecule has 0 saturated heterocycles. The number of aromatic nitrogens is 3. The second-order valence-corrected chi connectivity index (χ2v) is 8.45. The largest absolute Gasteiger partial charge is 0.462 e. The molecule has 0 atom stereocenters. The molecule has 0 unspecified atom stereocenters. The first kappa shape index (κ1) is 25.6. The van der Waals surface area contributed by atoms with Gasteiger partial charge in [-0.25, -0.2) is 9.18 Å². The van der Waals surface area contributed by atoms with E-state index in [-0.39, 0.29) is 30.6 Å². The fraction of sp³-hybridized carbons (Fsp3) is 0.160. The minimum absolute atomic E-state index is 0.00227. The van der Waals surface area contributed by atoms with Gasteiger partial charge in [-0.3, -0.25) is 14.2 Å². The van der Waals surface area contributed by atoms with Crippen LogP contribution >= 0.6 is 11.8 Å². The number of thioether (sulfide) groups is 1. The molecule has 0 saturated carbocycles. The Hall–Kier alpha value is -4.45. The standard InChI is InChI=1S/C25H22FN5O5S/c1-2-35-24(34)16-5-9-18(10-6-16)28-22(32)15-37-25-30-29-21(14-27-23(33)20-4-3-13-36-20)31(25)19-11-7-17(26)8-12-19/h3-13H,2,14-15H2,1H3,(H,27,33)(H,28,32). The van der Waals surface area contributed by atoms with Gasteiger partial charge in [0, 0.05) is 11.4 Å². The van der Waals surface area contributed by atoms with E-state index >= 15 is 0 Å². The topological polar surface area (TPSA) is 128 Å². The molecule has 2 heterocycles. The van der Waals surface area contributed by atoms with Gasteiger partial charge in [0.2, 0.25) is 5.91 Å². The minimum Gasteiger partial charge on any atom is -0.462 e. The Morgan fingerprint density at radius 1 is 1.05 bits per heavy atom. The summed E-state index contributed by atoms with van der Waals surface area (Å²) >= 11 is 1.12. The molecule has 12 heteroatoms. The quantitative estimate of drug-likeness (QED) is 0.237. The molecule has 10 nitrogen and oxygen atoms in total. The lowest BCUT2D eigenvalue weighted by atomic mass is 10.2. The van der Waals surface area contributed by atoms with Crippen LogP contribution in [0, 0.1) is 5.82 Å². The Bertz CT molecular complexity index is 1370. The molecule has 2 N–H and O–H groups in total. The second kappa shape index (κ2) is 12.0. The van der Waals surface area contributed by atoms with Crippen molar-refractivity contribution in [1.82, 2.24) is 20.1 Å². The van der Waals surface area contributed by atoms with E-state index in [0.717, 1.165) is 11.8 Å². The van der Waals surface area contributed by atoms with E-state index in [2.05, 4.69) is 20.8 Å². The Kier molecular flexibility index (Phi) is 8.31. The van der Waals surface area contributed by atoms with Gasteiger partial charge in [-0.05, 0) is 67.6 Å². The normalized spacial score (nSPS) is 10.6. The third kappa shape index (κ3) is 6.61. The number of carbonyl (C=O) groups is 3. The second-order valence-electron chi connectivity index (χ2n) is 7.51. The summed E-state index contributed by atoms with van der Waals surface area (Å²) in [7, 11) is 0. The van der Waals surface area contributed by atoms with Crippen molar-refractivity contribution in [2.45, 2.75) is 18.6 Å². The molecule has 2 aromatic heterocycles. The van der Waals surface area contributed by atoms with Crippen LogP contribution in [0.15, 0.2) is 76.5 Å². The third-order valence-electron chi connectivity index (χ3n) is 4.95. The van der Waals surface area contributed by atoms with E-state index in [1.807, 2.05) is 0 Å². The number of amides is 2. The molecule has 2 aromatic carbocycles. The van der Waals surface area contributed by atoms with Crippen molar-refractivity contribution in [3.05, 3.63) is 89.9 Å². The van der Waals surface area contributed by atoms with Gasteiger partial charge in [0.25, 0.3) is 5.91 Å². The van der Waals surface area contributed by atoms with Gasteiger partial charge in [0.1, 0.15) is 5.82 Å². The summed E-state index contributed by atoms with van der Waals surface area (Å²) < 4.78 is 25.2. The molecule has 2 amide bonds. The van der Waals surface area contributed by atoms with Crippen LogP contribution in [0.4, 0.5) is 10.1 Å². The number of nitrogens with one attached hydrogen (secondary N) is 2. The van der Waals surface area contributed by atoms with E-state index in [1.165, 1.54) is 24.5 Å². The Morgan fingerprint density at radius 2 is 1.81 bits per heavy atom. The molecule has 0 spiro atoms. The molecule has 0 aliphatic heterocycles. The van der Waals surface area contributed by atoms with Crippen LogP contribution in [0.25, 0.3) is 5.69 Å². The number of hydrogen-bond acceptors (Lipinski definition) is 8. The zero-order valence-electron chi connectivity index (χ0n) is 19.6. The van der Waals surface area contributed by atoms with Gasteiger partial charge in [0.05, 0.1) is 30.7 Å². The number of esters is 1. The van der Waals surface area contributed by atoms with Gasteiger partial charge >= 0.3 is 5.97 Å². The van der Waals surface area contributed by atoms with Crippen LogP contribution < -0.4 is 10.6 Å². The highest BCUT2D eigenvalue weighted by molar-refractivity contribution is 7.99. The predicted octanol–water partition coefficient (Wildman–Crippen LogP) is 3.84. The molecular formula is C25H22FN5O5S. The van der Waals surface area contributed by atoms with Crippen molar-refractivity contribution in [3.8, 4) is 5.69 Å². The van der Waals surface area contributed by atoms with Crippen molar-refractivity contribution in [3.63, 3.8) is 0 Å². The van der Waals surface area contributed by atoms with Crippen LogP contribution in [0.1, 0.15) is 33.7 Å². The van der Waals surface area contributed by atoms with Crippen LogP contribution in [0.5, 0.6) is 0 Å². The summed E-state index contributed by atoms with van der Waals surface area (Å²) in [5.41, 5.74) is 1.46. The predicted molar refractivity (Wildman–Crippen MR) is 133 cm³/mol. The average Bonchev–Trinajstić information content (AvgIpc) is 3.58. The number of benzene rings is 2. The van der Waals surface area contributed by atoms with Gasteiger partial charge in [-0.2, -0.15) is 0 Å². The zero-order chi connectivity index (χ0) is 26.2. The molecule has 0 radical (unpaired) electrons. The van der Waals surface area contributed by atoms with E-state index in [9.17, 15) is 18.8 Å². The number of nitrogens with zero attached hydrogens (tertiary/aromatic N) is 3. The summed E-state index contributed by atoms with van der Waals surface area (Å²) in [6.45, 7) is 2.01. The fourth-order valence-corrected chi connectivity index (χ4v) is 4.01. The van der Waals surface area contributed by atoms with Crippen molar-refractivity contribution >= 4 is 35.2 Å². The van der Waals surface area contributed by atoms with E-state index in [0.29, 0.717) is 27.9 Å². The number of furan rings is 1. The number of halogens is 1. The van der Waals surface area contributed by atoms with Crippen LogP contribution in [0.3, 0.4) is 0 Å². The molecule has 190 valence electrons. The lowest BCUT2D eigenvalue weighted by molar-refractivity contribution is -0.113. The summed E-state index contributed by atoms with van der Waals surface area (Å²) in [5, 5.41) is 14.1. The van der Waals surface area contributed by atoms with E-state index in [1.54, 1.807) is 54.0 Å². The number of rotatable bonds is 10. The lowest BCUT2D eigenvalue weighted by Crippen LogP contribution is -2.24. The Morgan fingerprint density at radius 3 is 2.49 bits per heavy atom. The Labute approximate surface area is 215 Å². The van der Waals surface area contributed by atoms with Crippen LogP contribution in [0.2, 0.25) is 0 Å². The summed E-state index contributed by atoms with van der Waals surface area (Å²) in [6, 6.07) is 15.2. The number of hydrogen-bond donors (Lipinski definition) is 2.